The lowest BCUT2D eigenvalue weighted by Crippen LogP contribution is -1.95. The smallest absolute Gasteiger partial charge is 0.358 e. The maximum Gasteiger partial charge on any atom is 0.363 e. The molecule has 0 aromatic carbocycles. The maximum absolute atomic E-state index is 10.7. The van der Waals surface area contributed by atoms with Crippen LogP contribution in [0.25, 0.3) is 0 Å². The van der Waals surface area contributed by atoms with Crippen molar-refractivity contribution in [3.05, 3.63) is 28.4 Å². The molecule has 0 saturated carbocycles. The zero-order valence-electron chi connectivity index (χ0n) is 6.05. The molecule has 0 aliphatic rings. The lowest BCUT2D eigenvalue weighted by Gasteiger charge is -1.92. The fourth-order valence-corrected chi connectivity index (χ4v) is 1.31. The molecule has 0 amide bonds. The standard InChI is InChI=1S/C5H3ClN2O4S/c6-13(11,12)4-1-2-5(7-3-4)8(9)10/h1-3H. The van der Waals surface area contributed by atoms with Gasteiger partial charge in [-0.3, -0.25) is 0 Å². The molecule has 0 fully saturated rings. The normalized spacial score (nSPS) is 11.2. The van der Waals surface area contributed by atoms with Gasteiger partial charge in [0, 0.05) is 16.7 Å². The zero-order valence-corrected chi connectivity index (χ0v) is 7.62. The van der Waals surface area contributed by atoms with Crippen LogP contribution in [-0.2, 0) is 9.05 Å². The number of aromatic nitrogens is 1. The molecule has 0 atom stereocenters. The van der Waals surface area contributed by atoms with Gasteiger partial charge >= 0.3 is 5.82 Å². The Morgan fingerprint density at radius 3 is 2.38 bits per heavy atom. The molecule has 0 N–H and O–H groups in total. The molecule has 1 aromatic rings. The Morgan fingerprint density at radius 2 is 2.08 bits per heavy atom. The minimum absolute atomic E-state index is 0.264. The third kappa shape index (κ3) is 2.36. The summed E-state index contributed by atoms with van der Waals surface area (Å²) in [6.07, 6.45) is 0.834. The van der Waals surface area contributed by atoms with E-state index in [2.05, 4.69) is 4.98 Å². The van der Waals surface area contributed by atoms with E-state index >= 15 is 0 Å². The summed E-state index contributed by atoms with van der Waals surface area (Å²) in [6.45, 7) is 0. The van der Waals surface area contributed by atoms with Crippen LogP contribution in [0.15, 0.2) is 23.2 Å². The number of nitro groups is 1. The SMILES string of the molecule is O=[N+]([O-])c1ccc(S(=O)(=O)Cl)cn1. The summed E-state index contributed by atoms with van der Waals surface area (Å²) in [5, 5.41) is 10.1. The first-order valence-corrected chi connectivity index (χ1v) is 5.27. The Kier molecular flexibility index (Phi) is 2.48. The molecular weight excluding hydrogens is 220 g/mol. The summed E-state index contributed by atoms with van der Waals surface area (Å²) >= 11 is 0. The minimum Gasteiger partial charge on any atom is -0.358 e. The maximum atomic E-state index is 10.7. The fraction of sp³-hybridized carbons (Fsp3) is 0. The second kappa shape index (κ2) is 3.27. The highest BCUT2D eigenvalue weighted by Crippen LogP contribution is 2.15. The second-order valence-corrected chi connectivity index (χ2v) is 4.61. The van der Waals surface area contributed by atoms with Gasteiger partial charge in [0.05, 0.1) is 0 Å². The van der Waals surface area contributed by atoms with Crippen molar-refractivity contribution in [1.82, 2.24) is 4.98 Å². The van der Waals surface area contributed by atoms with E-state index in [0.717, 1.165) is 18.3 Å². The summed E-state index contributed by atoms with van der Waals surface area (Å²) in [5.74, 6) is -0.427. The Labute approximate surface area is 77.7 Å². The summed E-state index contributed by atoms with van der Waals surface area (Å²) < 4.78 is 21.3. The van der Waals surface area contributed by atoms with Crippen molar-refractivity contribution >= 4 is 25.6 Å². The molecule has 13 heavy (non-hydrogen) atoms. The van der Waals surface area contributed by atoms with Gasteiger partial charge in [-0.1, -0.05) is 0 Å². The Balaban J connectivity index is 3.16. The Morgan fingerprint density at radius 1 is 1.46 bits per heavy atom. The van der Waals surface area contributed by atoms with Crippen LogP contribution in [0.1, 0.15) is 0 Å². The number of rotatable bonds is 2. The molecular formula is C5H3ClN2O4S. The lowest BCUT2D eigenvalue weighted by atomic mass is 10.5. The molecule has 0 bridgehead atoms. The number of hydrogen-bond acceptors (Lipinski definition) is 5. The van der Waals surface area contributed by atoms with Gasteiger partial charge in [-0.15, -0.1) is 0 Å². The number of halogens is 1. The van der Waals surface area contributed by atoms with Crippen molar-refractivity contribution in [2.45, 2.75) is 4.90 Å². The van der Waals surface area contributed by atoms with Crippen molar-refractivity contribution in [3.8, 4) is 0 Å². The minimum atomic E-state index is -3.86. The molecule has 0 radical (unpaired) electrons. The van der Waals surface area contributed by atoms with Gasteiger partial charge in [0.25, 0.3) is 9.05 Å². The molecule has 1 rings (SSSR count). The van der Waals surface area contributed by atoms with Gasteiger partial charge in [-0.25, -0.2) is 8.42 Å². The van der Waals surface area contributed by atoms with E-state index in [0.29, 0.717) is 0 Å². The average Bonchev–Trinajstić information content (AvgIpc) is 2.03. The van der Waals surface area contributed by atoms with Gasteiger partial charge in [-0.05, 0) is 16.0 Å². The summed E-state index contributed by atoms with van der Waals surface area (Å²) in [5.41, 5.74) is 0. The highest BCUT2D eigenvalue weighted by Gasteiger charge is 2.14. The highest BCUT2D eigenvalue weighted by molar-refractivity contribution is 8.13. The van der Waals surface area contributed by atoms with E-state index < -0.39 is 19.8 Å². The lowest BCUT2D eigenvalue weighted by molar-refractivity contribution is -0.389. The summed E-state index contributed by atoms with van der Waals surface area (Å²) in [7, 11) is 1.09. The van der Waals surface area contributed by atoms with Crippen molar-refractivity contribution in [3.63, 3.8) is 0 Å². The van der Waals surface area contributed by atoms with Crippen LogP contribution in [0.2, 0.25) is 0 Å². The van der Waals surface area contributed by atoms with E-state index in [4.69, 9.17) is 10.7 Å². The van der Waals surface area contributed by atoms with Crippen LogP contribution in [0.5, 0.6) is 0 Å². The summed E-state index contributed by atoms with van der Waals surface area (Å²) in [6, 6.07) is 1.99. The molecule has 8 heteroatoms. The first-order chi connectivity index (χ1) is 5.91. The van der Waals surface area contributed by atoms with Crippen LogP contribution >= 0.6 is 10.7 Å². The van der Waals surface area contributed by atoms with Crippen LogP contribution in [0.3, 0.4) is 0 Å². The molecule has 0 saturated heterocycles. The van der Waals surface area contributed by atoms with Crippen molar-refractivity contribution in [2.75, 3.05) is 0 Å². The third-order valence-electron chi connectivity index (χ3n) is 1.19. The number of nitrogens with zero attached hydrogens (tertiary/aromatic N) is 2. The molecule has 1 heterocycles. The molecule has 6 nitrogen and oxygen atoms in total. The van der Waals surface area contributed by atoms with Gasteiger partial charge in [0.15, 0.2) is 6.20 Å². The molecule has 70 valence electrons. The second-order valence-electron chi connectivity index (χ2n) is 2.05. The van der Waals surface area contributed by atoms with E-state index in [-0.39, 0.29) is 4.90 Å². The molecule has 0 unspecified atom stereocenters. The third-order valence-corrected chi connectivity index (χ3v) is 2.53. The van der Waals surface area contributed by atoms with E-state index in [1.165, 1.54) is 0 Å². The van der Waals surface area contributed by atoms with Crippen molar-refractivity contribution in [2.24, 2.45) is 0 Å². The number of hydrogen-bond donors (Lipinski definition) is 0. The van der Waals surface area contributed by atoms with Crippen molar-refractivity contribution < 1.29 is 13.3 Å². The highest BCUT2D eigenvalue weighted by atomic mass is 35.7. The van der Waals surface area contributed by atoms with Crippen LogP contribution < -0.4 is 0 Å². The Hall–Kier alpha value is -1.21. The molecule has 1 aromatic heterocycles. The first-order valence-electron chi connectivity index (χ1n) is 2.96. The topological polar surface area (TPSA) is 90.2 Å². The monoisotopic (exact) mass is 222 g/mol. The molecule has 0 aliphatic carbocycles. The quantitative estimate of drug-likeness (QED) is 0.422. The Bertz CT molecular complexity index is 426. The van der Waals surface area contributed by atoms with Crippen LogP contribution in [0, 0.1) is 10.1 Å². The first kappa shape index (κ1) is 9.87. The van der Waals surface area contributed by atoms with E-state index in [1.54, 1.807) is 0 Å². The predicted octanol–water partition coefficient (Wildman–Crippen LogP) is 0.917. The van der Waals surface area contributed by atoms with Gasteiger partial charge in [0.1, 0.15) is 4.90 Å². The molecule has 0 aliphatic heterocycles. The number of pyridine rings is 1. The van der Waals surface area contributed by atoms with E-state index in [1.807, 2.05) is 0 Å². The van der Waals surface area contributed by atoms with Crippen LogP contribution in [-0.4, -0.2) is 18.3 Å². The average molecular weight is 223 g/mol. The zero-order chi connectivity index (χ0) is 10.1. The largest absolute Gasteiger partial charge is 0.363 e. The molecule has 0 spiro atoms. The predicted molar refractivity (Wildman–Crippen MR) is 43.9 cm³/mol. The van der Waals surface area contributed by atoms with Crippen LogP contribution in [0.4, 0.5) is 5.82 Å². The van der Waals surface area contributed by atoms with Gasteiger partial charge in [-0.2, -0.15) is 0 Å². The van der Waals surface area contributed by atoms with Gasteiger partial charge in [0.2, 0.25) is 0 Å². The summed E-state index contributed by atoms with van der Waals surface area (Å²) in [4.78, 5) is 12.4. The van der Waals surface area contributed by atoms with Crippen molar-refractivity contribution in [1.29, 1.82) is 0 Å². The van der Waals surface area contributed by atoms with Gasteiger partial charge < -0.3 is 10.1 Å². The van der Waals surface area contributed by atoms with E-state index in [9.17, 15) is 18.5 Å². The fourth-order valence-electron chi connectivity index (χ4n) is 0.625.